The van der Waals surface area contributed by atoms with E-state index in [0.29, 0.717) is 0 Å². The highest BCUT2D eigenvalue weighted by molar-refractivity contribution is 4.50. The van der Waals surface area contributed by atoms with Gasteiger partial charge in [0.05, 0.1) is 0 Å². The first-order chi connectivity index (χ1) is 10.4. The molecule has 0 aromatic rings. The molecule has 0 spiro atoms. The molecule has 0 aliphatic carbocycles. The average molecular weight is 298 g/mol. The summed E-state index contributed by atoms with van der Waals surface area (Å²) in [6.45, 7) is 4.83. The molecule has 0 saturated carbocycles. The molecule has 0 amide bonds. The topological polar surface area (TPSA) is 9.23 Å². The van der Waals surface area contributed by atoms with Crippen molar-refractivity contribution in [3.63, 3.8) is 0 Å². The Hall–Kier alpha value is -0.0400. The van der Waals surface area contributed by atoms with Gasteiger partial charge in [0.1, 0.15) is 0 Å². The predicted octanol–water partition coefficient (Wildman–Crippen LogP) is 7.10. The molecule has 1 radical (unpaired) electrons. The minimum Gasteiger partial charge on any atom is -0.385 e. The first kappa shape index (κ1) is 21.0. The summed E-state index contributed by atoms with van der Waals surface area (Å²) in [4.78, 5) is 0. The molecule has 0 unspecified atom stereocenters. The van der Waals surface area contributed by atoms with E-state index in [9.17, 15) is 0 Å². The summed E-state index contributed by atoms with van der Waals surface area (Å²) >= 11 is 0. The van der Waals surface area contributed by atoms with Gasteiger partial charge >= 0.3 is 0 Å². The van der Waals surface area contributed by atoms with Crippen molar-refractivity contribution in [3.8, 4) is 0 Å². The van der Waals surface area contributed by atoms with Crippen molar-refractivity contribution in [1.82, 2.24) is 0 Å². The van der Waals surface area contributed by atoms with Gasteiger partial charge in [-0.05, 0) is 6.42 Å². The standard InChI is InChI=1S/C20H41O/c1-3-4-5-6-7-8-9-10-11-12-13-14-15-16-17-18-19-20-21-2/h1,3-20H2,2H3. The van der Waals surface area contributed by atoms with Crippen molar-refractivity contribution < 1.29 is 4.74 Å². The van der Waals surface area contributed by atoms with Crippen molar-refractivity contribution in [2.75, 3.05) is 13.7 Å². The van der Waals surface area contributed by atoms with Crippen molar-refractivity contribution in [1.29, 1.82) is 0 Å². The van der Waals surface area contributed by atoms with Gasteiger partial charge in [-0.25, -0.2) is 0 Å². The van der Waals surface area contributed by atoms with E-state index in [-0.39, 0.29) is 0 Å². The fourth-order valence-electron chi connectivity index (χ4n) is 2.90. The van der Waals surface area contributed by atoms with Crippen molar-refractivity contribution in [3.05, 3.63) is 6.92 Å². The molecule has 21 heavy (non-hydrogen) atoms. The van der Waals surface area contributed by atoms with E-state index in [0.717, 1.165) is 13.0 Å². The largest absolute Gasteiger partial charge is 0.385 e. The number of rotatable bonds is 18. The predicted molar refractivity (Wildman–Crippen MR) is 95.7 cm³/mol. The normalized spacial score (nSPS) is 11.1. The van der Waals surface area contributed by atoms with Crippen LogP contribution in [0.3, 0.4) is 0 Å². The van der Waals surface area contributed by atoms with Crippen molar-refractivity contribution in [2.45, 2.75) is 109 Å². The summed E-state index contributed by atoms with van der Waals surface area (Å²) < 4.78 is 5.06. The summed E-state index contributed by atoms with van der Waals surface area (Å²) in [6, 6.07) is 0. The molecule has 1 heteroatoms. The molecular weight excluding hydrogens is 256 g/mol. The van der Waals surface area contributed by atoms with Crippen LogP contribution in [-0.2, 0) is 4.74 Å². The summed E-state index contributed by atoms with van der Waals surface area (Å²) in [5.41, 5.74) is 0. The minimum absolute atomic E-state index is 0.940. The van der Waals surface area contributed by atoms with Gasteiger partial charge in [0.25, 0.3) is 0 Å². The van der Waals surface area contributed by atoms with Crippen LogP contribution in [0.1, 0.15) is 109 Å². The fraction of sp³-hybridized carbons (Fsp3) is 0.950. The molecule has 0 bridgehead atoms. The van der Waals surface area contributed by atoms with E-state index < -0.39 is 0 Å². The zero-order valence-electron chi connectivity index (χ0n) is 14.8. The van der Waals surface area contributed by atoms with Crippen LogP contribution in [0.15, 0.2) is 0 Å². The van der Waals surface area contributed by atoms with Gasteiger partial charge in [0.15, 0.2) is 0 Å². The van der Waals surface area contributed by atoms with Crippen molar-refractivity contribution in [2.24, 2.45) is 0 Å². The lowest BCUT2D eigenvalue weighted by atomic mass is 10.0. The Morgan fingerprint density at radius 1 is 0.476 bits per heavy atom. The van der Waals surface area contributed by atoms with Gasteiger partial charge < -0.3 is 4.74 Å². The lowest BCUT2D eigenvalue weighted by Crippen LogP contribution is -1.88. The molecule has 0 aliphatic rings. The van der Waals surface area contributed by atoms with Crippen LogP contribution in [0.25, 0.3) is 0 Å². The number of hydrogen-bond acceptors (Lipinski definition) is 1. The highest BCUT2D eigenvalue weighted by atomic mass is 16.5. The second kappa shape index (κ2) is 20.0. The van der Waals surface area contributed by atoms with Crippen LogP contribution in [0.2, 0.25) is 0 Å². The third-order valence-electron chi connectivity index (χ3n) is 4.35. The number of hydrogen-bond donors (Lipinski definition) is 0. The van der Waals surface area contributed by atoms with E-state index in [2.05, 4.69) is 6.92 Å². The monoisotopic (exact) mass is 297 g/mol. The second-order valence-electron chi connectivity index (χ2n) is 6.50. The van der Waals surface area contributed by atoms with E-state index in [4.69, 9.17) is 4.74 Å². The molecule has 0 rings (SSSR count). The van der Waals surface area contributed by atoms with E-state index in [1.54, 1.807) is 7.11 Å². The molecule has 0 aromatic heterocycles. The Balaban J connectivity index is 2.90. The maximum Gasteiger partial charge on any atom is 0.0462 e. The minimum atomic E-state index is 0.940. The maximum absolute atomic E-state index is 5.06. The SMILES string of the molecule is [CH2]CCCCCCCCCCCCCCCCCCOC. The Morgan fingerprint density at radius 3 is 1.05 bits per heavy atom. The molecule has 1 nitrogen and oxygen atoms in total. The lowest BCUT2D eigenvalue weighted by molar-refractivity contribution is 0.192. The van der Waals surface area contributed by atoms with Crippen LogP contribution in [0.5, 0.6) is 0 Å². The number of methoxy groups -OCH3 is 1. The van der Waals surface area contributed by atoms with E-state index >= 15 is 0 Å². The quantitative estimate of drug-likeness (QED) is 0.245. The number of ether oxygens (including phenoxy) is 1. The van der Waals surface area contributed by atoms with Crippen LogP contribution in [0.4, 0.5) is 0 Å². The first-order valence-electron chi connectivity index (χ1n) is 9.70. The molecular formula is C20H41O. The van der Waals surface area contributed by atoms with E-state index in [1.165, 1.54) is 103 Å². The Kier molecular flexibility index (Phi) is 19.9. The summed E-state index contributed by atoms with van der Waals surface area (Å²) in [7, 11) is 1.80. The summed E-state index contributed by atoms with van der Waals surface area (Å²) in [5.74, 6) is 0. The smallest absolute Gasteiger partial charge is 0.0462 e. The number of unbranched alkanes of at least 4 members (excludes halogenated alkanes) is 16. The highest BCUT2D eigenvalue weighted by Gasteiger charge is 1.94. The lowest BCUT2D eigenvalue weighted by Gasteiger charge is -2.03. The van der Waals surface area contributed by atoms with Gasteiger partial charge in [-0.1, -0.05) is 110 Å². The van der Waals surface area contributed by atoms with Crippen molar-refractivity contribution >= 4 is 0 Å². The summed E-state index contributed by atoms with van der Waals surface area (Å²) in [6.07, 6.45) is 23.8. The Bertz CT molecular complexity index is 149. The van der Waals surface area contributed by atoms with Crippen LogP contribution in [-0.4, -0.2) is 13.7 Å². The molecule has 0 fully saturated rings. The second-order valence-corrected chi connectivity index (χ2v) is 6.50. The van der Waals surface area contributed by atoms with Gasteiger partial charge in [0.2, 0.25) is 0 Å². The van der Waals surface area contributed by atoms with Gasteiger partial charge in [-0.3, -0.25) is 0 Å². The van der Waals surface area contributed by atoms with Gasteiger partial charge in [-0.2, -0.15) is 0 Å². The fourth-order valence-corrected chi connectivity index (χ4v) is 2.90. The Morgan fingerprint density at radius 2 is 0.762 bits per heavy atom. The molecule has 0 N–H and O–H groups in total. The van der Waals surface area contributed by atoms with Crippen LogP contribution < -0.4 is 0 Å². The zero-order valence-corrected chi connectivity index (χ0v) is 14.8. The molecule has 0 aliphatic heterocycles. The average Bonchev–Trinajstić information content (AvgIpc) is 2.50. The molecule has 0 atom stereocenters. The van der Waals surface area contributed by atoms with Crippen LogP contribution >= 0.6 is 0 Å². The third kappa shape index (κ3) is 20.0. The first-order valence-corrected chi connectivity index (χ1v) is 9.70. The Labute approximate surface area is 135 Å². The molecule has 0 heterocycles. The molecule has 0 aromatic carbocycles. The molecule has 127 valence electrons. The van der Waals surface area contributed by atoms with Gasteiger partial charge in [0, 0.05) is 13.7 Å². The maximum atomic E-state index is 5.06. The van der Waals surface area contributed by atoms with Gasteiger partial charge in [-0.15, -0.1) is 0 Å². The highest BCUT2D eigenvalue weighted by Crippen LogP contribution is 2.13. The third-order valence-corrected chi connectivity index (χ3v) is 4.35. The molecule has 0 saturated heterocycles. The van der Waals surface area contributed by atoms with E-state index in [1.807, 2.05) is 0 Å². The zero-order chi connectivity index (χ0) is 15.4. The van der Waals surface area contributed by atoms with Crippen LogP contribution in [0, 0.1) is 6.92 Å². The summed E-state index contributed by atoms with van der Waals surface area (Å²) in [5, 5.41) is 0.